The van der Waals surface area contributed by atoms with Crippen LogP contribution in [-0.4, -0.2) is 31.3 Å². The van der Waals surface area contributed by atoms with Gasteiger partial charge in [0.15, 0.2) is 0 Å². The molecule has 0 aliphatic rings. The average molecular weight is 230 g/mol. The van der Waals surface area contributed by atoms with Crippen LogP contribution in [0.15, 0.2) is 24.3 Å². The highest BCUT2D eigenvalue weighted by atomic mass is 35.5. The van der Waals surface area contributed by atoms with Crippen LogP contribution in [-0.2, 0) is 5.75 Å². The molecular weight excluding hydrogens is 214 g/mol. The highest BCUT2D eigenvalue weighted by Gasteiger charge is 1.95. The summed E-state index contributed by atoms with van der Waals surface area (Å²) < 4.78 is 0. The third-order valence-electron chi connectivity index (χ3n) is 1.84. The Balaban J connectivity index is 2.25. The maximum atomic E-state index is 5.89. The summed E-state index contributed by atoms with van der Waals surface area (Å²) in [6, 6.07) is 8.07. The lowest BCUT2D eigenvalue weighted by atomic mass is 10.2. The van der Waals surface area contributed by atoms with Crippen LogP contribution in [0.2, 0.25) is 5.02 Å². The molecule has 0 aromatic heterocycles. The first kappa shape index (κ1) is 11.9. The standard InChI is InChI=1S/C11H16ClNS/c1-13(2)6-7-14-9-10-4-3-5-11(12)8-10/h3-5,8H,6-7,9H2,1-2H3. The molecule has 0 aliphatic heterocycles. The van der Waals surface area contributed by atoms with Crippen molar-refractivity contribution in [1.29, 1.82) is 0 Å². The number of hydrogen-bond donors (Lipinski definition) is 0. The van der Waals surface area contributed by atoms with E-state index in [9.17, 15) is 0 Å². The fraction of sp³-hybridized carbons (Fsp3) is 0.455. The van der Waals surface area contributed by atoms with Crippen LogP contribution in [0.25, 0.3) is 0 Å². The Morgan fingerprint density at radius 2 is 2.14 bits per heavy atom. The van der Waals surface area contributed by atoms with Crippen LogP contribution in [0.1, 0.15) is 5.56 Å². The largest absolute Gasteiger partial charge is 0.309 e. The molecule has 14 heavy (non-hydrogen) atoms. The molecule has 0 heterocycles. The van der Waals surface area contributed by atoms with E-state index in [4.69, 9.17) is 11.6 Å². The minimum Gasteiger partial charge on any atom is -0.309 e. The lowest BCUT2D eigenvalue weighted by molar-refractivity contribution is 0.437. The van der Waals surface area contributed by atoms with Crippen molar-refractivity contribution in [1.82, 2.24) is 4.90 Å². The fourth-order valence-electron chi connectivity index (χ4n) is 1.06. The molecule has 1 aromatic carbocycles. The first-order chi connectivity index (χ1) is 6.68. The molecule has 0 spiro atoms. The average Bonchev–Trinajstić information content (AvgIpc) is 2.12. The SMILES string of the molecule is CN(C)CCSCc1cccc(Cl)c1. The Hall–Kier alpha value is -0.180. The Morgan fingerprint density at radius 1 is 1.36 bits per heavy atom. The molecule has 0 aliphatic carbocycles. The zero-order valence-corrected chi connectivity index (χ0v) is 10.2. The molecule has 0 saturated heterocycles. The van der Waals surface area contributed by atoms with Gasteiger partial charge < -0.3 is 4.90 Å². The van der Waals surface area contributed by atoms with Crippen molar-refractivity contribution in [3.63, 3.8) is 0 Å². The van der Waals surface area contributed by atoms with Crippen molar-refractivity contribution in [3.8, 4) is 0 Å². The molecule has 0 atom stereocenters. The Labute approximate surface area is 95.4 Å². The summed E-state index contributed by atoms with van der Waals surface area (Å²) in [5.41, 5.74) is 1.31. The molecule has 0 bridgehead atoms. The number of halogens is 1. The van der Waals surface area contributed by atoms with Crippen molar-refractivity contribution in [2.24, 2.45) is 0 Å². The van der Waals surface area contributed by atoms with Gasteiger partial charge in [0.25, 0.3) is 0 Å². The molecular formula is C11H16ClNS. The minimum absolute atomic E-state index is 0.829. The number of rotatable bonds is 5. The van der Waals surface area contributed by atoms with Gasteiger partial charge in [-0.3, -0.25) is 0 Å². The Kier molecular flexibility index (Phi) is 5.38. The Bertz CT molecular complexity index is 276. The van der Waals surface area contributed by atoms with Gasteiger partial charge in [-0.2, -0.15) is 11.8 Å². The van der Waals surface area contributed by atoms with Gasteiger partial charge in [0, 0.05) is 23.1 Å². The molecule has 0 amide bonds. The molecule has 0 radical (unpaired) electrons. The predicted molar refractivity (Wildman–Crippen MR) is 66.2 cm³/mol. The third-order valence-corrected chi connectivity index (χ3v) is 3.08. The van der Waals surface area contributed by atoms with Gasteiger partial charge in [0.05, 0.1) is 0 Å². The predicted octanol–water partition coefficient (Wildman–Crippen LogP) is 3.13. The maximum Gasteiger partial charge on any atom is 0.0409 e. The van der Waals surface area contributed by atoms with E-state index in [0.29, 0.717) is 0 Å². The van der Waals surface area contributed by atoms with Crippen LogP contribution in [0.5, 0.6) is 0 Å². The van der Waals surface area contributed by atoms with E-state index < -0.39 is 0 Å². The quantitative estimate of drug-likeness (QED) is 0.714. The zero-order chi connectivity index (χ0) is 10.4. The van der Waals surface area contributed by atoms with Crippen LogP contribution >= 0.6 is 23.4 Å². The van der Waals surface area contributed by atoms with E-state index in [0.717, 1.165) is 17.3 Å². The summed E-state index contributed by atoms with van der Waals surface area (Å²) in [6.45, 7) is 1.13. The highest BCUT2D eigenvalue weighted by Crippen LogP contribution is 2.16. The fourth-order valence-corrected chi connectivity index (χ4v) is 2.33. The summed E-state index contributed by atoms with van der Waals surface area (Å²) in [6.07, 6.45) is 0. The van der Waals surface area contributed by atoms with Gasteiger partial charge >= 0.3 is 0 Å². The molecule has 1 nitrogen and oxygen atoms in total. The smallest absolute Gasteiger partial charge is 0.0409 e. The first-order valence-electron chi connectivity index (χ1n) is 4.65. The number of hydrogen-bond acceptors (Lipinski definition) is 2. The number of thioether (sulfide) groups is 1. The lowest BCUT2D eigenvalue weighted by Crippen LogP contribution is -2.14. The van der Waals surface area contributed by atoms with Gasteiger partial charge in [0.2, 0.25) is 0 Å². The summed E-state index contributed by atoms with van der Waals surface area (Å²) in [7, 11) is 4.19. The maximum absolute atomic E-state index is 5.89. The number of benzene rings is 1. The van der Waals surface area contributed by atoms with Crippen molar-refractivity contribution in [2.45, 2.75) is 5.75 Å². The first-order valence-corrected chi connectivity index (χ1v) is 6.18. The topological polar surface area (TPSA) is 3.24 Å². The van der Waals surface area contributed by atoms with Crippen LogP contribution < -0.4 is 0 Å². The van der Waals surface area contributed by atoms with Gasteiger partial charge in [-0.25, -0.2) is 0 Å². The zero-order valence-electron chi connectivity index (χ0n) is 8.66. The normalized spacial score (nSPS) is 10.9. The molecule has 0 fully saturated rings. The summed E-state index contributed by atoms with van der Waals surface area (Å²) >= 11 is 7.83. The second kappa shape index (κ2) is 6.33. The molecule has 1 rings (SSSR count). The van der Waals surface area contributed by atoms with E-state index in [1.165, 1.54) is 11.3 Å². The molecule has 0 unspecified atom stereocenters. The second-order valence-corrected chi connectivity index (χ2v) is 5.03. The van der Waals surface area contributed by atoms with E-state index in [-0.39, 0.29) is 0 Å². The lowest BCUT2D eigenvalue weighted by Gasteiger charge is -2.08. The van der Waals surface area contributed by atoms with Crippen molar-refractivity contribution in [2.75, 3.05) is 26.4 Å². The van der Waals surface area contributed by atoms with E-state index in [1.807, 2.05) is 30.0 Å². The van der Waals surface area contributed by atoms with E-state index >= 15 is 0 Å². The molecule has 78 valence electrons. The van der Waals surface area contributed by atoms with Crippen molar-refractivity contribution >= 4 is 23.4 Å². The Morgan fingerprint density at radius 3 is 2.79 bits per heavy atom. The summed E-state index contributed by atoms with van der Waals surface area (Å²) in [4.78, 5) is 2.20. The van der Waals surface area contributed by atoms with Gasteiger partial charge in [-0.15, -0.1) is 0 Å². The van der Waals surface area contributed by atoms with Gasteiger partial charge in [0.1, 0.15) is 0 Å². The monoisotopic (exact) mass is 229 g/mol. The van der Waals surface area contributed by atoms with Crippen LogP contribution in [0.3, 0.4) is 0 Å². The molecule has 0 N–H and O–H groups in total. The molecule has 0 saturated carbocycles. The molecule has 1 aromatic rings. The van der Waals surface area contributed by atoms with Crippen LogP contribution in [0.4, 0.5) is 0 Å². The van der Waals surface area contributed by atoms with Gasteiger partial charge in [-0.05, 0) is 31.8 Å². The van der Waals surface area contributed by atoms with Crippen molar-refractivity contribution in [3.05, 3.63) is 34.9 Å². The molecule has 3 heteroatoms. The third kappa shape index (κ3) is 4.89. The van der Waals surface area contributed by atoms with E-state index in [2.05, 4.69) is 25.1 Å². The summed E-state index contributed by atoms with van der Waals surface area (Å²) in [5.74, 6) is 2.22. The minimum atomic E-state index is 0.829. The summed E-state index contributed by atoms with van der Waals surface area (Å²) in [5, 5.41) is 0.829. The second-order valence-electron chi connectivity index (χ2n) is 3.49. The van der Waals surface area contributed by atoms with E-state index in [1.54, 1.807) is 0 Å². The number of nitrogens with zero attached hydrogens (tertiary/aromatic N) is 1. The van der Waals surface area contributed by atoms with Crippen molar-refractivity contribution < 1.29 is 0 Å². The highest BCUT2D eigenvalue weighted by molar-refractivity contribution is 7.98. The van der Waals surface area contributed by atoms with Gasteiger partial charge in [-0.1, -0.05) is 23.7 Å². The van der Waals surface area contributed by atoms with Crippen LogP contribution in [0, 0.1) is 0 Å².